The smallest absolute Gasteiger partial charge is 0.103 e. The lowest BCUT2D eigenvalue weighted by Gasteiger charge is -2.35. The van der Waals surface area contributed by atoms with Gasteiger partial charge in [0.2, 0.25) is 0 Å². The van der Waals surface area contributed by atoms with Crippen LogP contribution in [-0.2, 0) is 4.74 Å². The number of rotatable bonds is 2. The van der Waals surface area contributed by atoms with Crippen LogP contribution in [0.1, 0.15) is 25.3 Å². The third-order valence-electron chi connectivity index (χ3n) is 3.00. The Balaban J connectivity index is 2.24. The highest BCUT2D eigenvalue weighted by Crippen LogP contribution is 2.29. The van der Waals surface area contributed by atoms with Gasteiger partial charge in [-0.3, -0.25) is 0 Å². The molecule has 90 valence electrons. The summed E-state index contributed by atoms with van der Waals surface area (Å²) >= 11 is 6.00. The van der Waals surface area contributed by atoms with Gasteiger partial charge in [-0.2, -0.15) is 5.26 Å². The molecule has 0 spiro atoms. The molecule has 1 atom stereocenters. The van der Waals surface area contributed by atoms with Crippen molar-refractivity contribution in [3.05, 3.63) is 28.8 Å². The average Bonchev–Trinajstić information content (AvgIpc) is 2.30. The number of halogens is 1. The molecule has 17 heavy (non-hydrogen) atoms. The molecule has 4 heteroatoms. The second-order valence-electron chi connectivity index (χ2n) is 4.62. The van der Waals surface area contributed by atoms with Crippen LogP contribution in [0.15, 0.2) is 18.2 Å². The number of benzene rings is 1. The van der Waals surface area contributed by atoms with Gasteiger partial charge in [-0.15, -0.1) is 0 Å². The van der Waals surface area contributed by atoms with Gasteiger partial charge in [-0.25, -0.2) is 0 Å². The SMILES string of the molecule is CC1(Nc2cccc(Cl)c2C#N)CCCOC1. The van der Waals surface area contributed by atoms with Crippen LogP contribution in [0.25, 0.3) is 0 Å². The van der Waals surface area contributed by atoms with Crippen LogP contribution in [0.4, 0.5) is 5.69 Å². The lowest BCUT2D eigenvalue weighted by molar-refractivity contribution is 0.0540. The fourth-order valence-corrected chi connectivity index (χ4v) is 2.32. The van der Waals surface area contributed by atoms with Crippen LogP contribution in [0, 0.1) is 11.3 Å². The summed E-state index contributed by atoms with van der Waals surface area (Å²) in [6.07, 6.45) is 2.07. The van der Waals surface area contributed by atoms with E-state index in [0.717, 1.165) is 25.1 Å². The van der Waals surface area contributed by atoms with E-state index in [0.29, 0.717) is 17.2 Å². The Kier molecular flexibility index (Phi) is 3.56. The Morgan fingerprint density at radius 3 is 3.00 bits per heavy atom. The van der Waals surface area contributed by atoms with Gasteiger partial charge in [0.1, 0.15) is 6.07 Å². The predicted molar refractivity (Wildman–Crippen MR) is 68.2 cm³/mol. The molecule has 1 aliphatic heterocycles. The number of nitriles is 1. The second kappa shape index (κ2) is 4.95. The van der Waals surface area contributed by atoms with Gasteiger partial charge >= 0.3 is 0 Å². The molecule has 1 fully saturated rings. The maximum absolute atomic E-state index is 9.11. The minimum absolute atomic E-state index is 0.117. The molecular formula is C13H15ClN2O. The summed E-state index contributed by atoms with van der Waals surface area (Å²) in [6, 6.07) is 7.59. The molecule has 1 unspecified atom stereocenters. The van der Waals surface area contributed by atoms with Crippen molar-refractivity contribution in [3.63, 3.8) is 0 Å². The monoisotopic (exact) mass is 250 g/mol. The zero-order valence-corrected chi connectivity index (χ0v) is 10.5. The third kappa shape index (κ3) is 2.71. The molecule has 1 N–H and O–H groups in total. The van der Waals surface area contributed by atoms with Crippen molar-refractivity contribution in [2.75, 3.05) is 18.5 Å². The average molecular weight is 251 g/mol. The van der Waals surface area contributed by atoms with Crippen LogP contribution in [-0.4, -0.2) is 18.8 Å². The summed E-state index contributed by atoms with van der Waals surface area (Å²) in [5, 5.41) is 13.0. The minimum Gasteiger partial charge on any atom is -0.379 e. The van der Waals surface area contributed by atoms with E-state index < -0.39 is 0 Å². The number of nitrogens with one attached hydrogen (secondary N) is 1. The largest absolute Gasteiger partial charge is 0.379 e. The van der Waals surface area contributed by atoms with Crippen molar-refractivity contribution in [1.82, 2.24) is 0 Å². The fraction of sp³-hybridized carbons (Fsp3) is 0.462. The van der Waals surface area contributed by atoms with Gasteiger partial charge in [-0.05, 0) is 31.9 Å². The summed E-state index contributed by atoms with van der Waals surface area (Å²) < 4.78 is 5.48. The lowest BCUT2D eigenvalue weighted by atomic mass is 9.94. The van der Waals surface area contributed by atoms with Gasteiger partial charge in [0, 0.05) is 6.61 Å². The number of hydrogen-bond acceptors (Lipinski definition) is 3. The molecule has 1 aromatic rings. The first kappa shape index (κ1) is 12.2. The fourth-order valence-electron chi connectivity index (χ4n) is 2.10. The molecule has 0 radical (unpaired) electrons. The molecule has 0 bridgehead atoms. The first-order chi connectivity index (χ1) is 8.14. The lowest BCUT2D eigenvalue weighted by Crippen LogP contribution is -2.43. The van der Waals surface area contributed by atoms with E-state index >= 15 is 0 Å². The van der Waals surface area contributed by atoms with Crippen molar-refractivity contribution in [2.24, 2.45) is 0 Å². The van der Waals surface area contributed by atoms with Crippen molar-refractivity contribution >= 4 is 17.3 Å². The van der Waals surface area contributed by atoms with E-state index in [1.165, 1.54) is 0 Å². The molecule has 3 nitrogen and oxygen atoms in total. The molecule has 1 aromatic carbocycles. The van der Waals surface area contributed by atoms with Gasteiger partial charge in [0.05, 0.1) is 28.4 Å². The molecule has 0 aromatic heterocycles. The summed E-state index contributed by atoms with van der Waals surface area (Å²) in [5.74, 6) is 0. The van der Waals surface area contributed by atoms with Gasteiger partial charge in [0.25, 0.3) is 0 Å². The van der Waals surface area contributed by atoms with Crippen molar-refractivity contribution < 1.29 is 4.74 Å². The molecule has 0 aliphatic carbocycles. The minimum atomic E-state index is -0.117. The molecule has 1 saturated heterocycles. The molecule has 1 aliphatic rings. The van der Waals surface area contributed by atoms with Crippen LogP contribution in [0.5, 0.6) is 0 Å². The van der Waals surface area contributed by atoms with Gasteiger partial charge in [0.15, 0.2) is 0 Å². The topological polar surface area (TPSA) is 45.0 Å². The normalized spacial score (nSPS) is 24.1. The first-order valence-electron chi connectivity index (χ1n) is 5.69. The van der Waals surface area contributed by atoms with Gasteiger partial charge in [-0.1, -0.05) is 17.7 Å². The van der Waals surface area contributed by atoms with Crippen molar-refractivity contribution in [2.45, 2.75) is 25.3 Å². The zero-order valence-electron chi connectivity index (χ0n) is 9.79. The molecule has 0 amide bonds. The van der Waals surface area contributed by atoms with E-state index in [-0.39, 0.29) is 5.54 Å². The number of anilines is 1. The van der Waals surface area contributed by atoms with Crippen LogP contribution in [0.3, 0.4) is 0 Å². The van der Waals surface area contributed by atoms with Crippen molar-refractivity contribution in [1.29, 1.82) is 5.26 Å². The summed E-state index contributed by atoms with van der Waals surface area (Å²) in [4.78, 5) is 0. The van der Waals surface area contributed by atoms with E-state index in [1.807, 2.05) is 12.1 Å². The maximum Gasteiger partial charge on any atom is 0.103 e. The standard InChI is InChI=1S/C13H15ClN2O/c1-13(6-3-7-17-9-13)16-12-5-2-4-11(14)10(12)8-15/h2,4-5,16H,3,6-7,9H2,1H3. The molecule has 0 saturated carbocycles. The highest BCUT2D eigenvalue weighted by Gasteiger charge is 2.28. The number of hydrogen-bond donors (Lipinski definition) is 1. The zero-order chi connectivity index (χ0) is 12.3. The molecule has 1 heterocycles. The summed E-state index contributed by atoms with van der Waals surface area (Å²) in [7, 11) is 0. The second-order valence-corrected chi connectivity index (χ2v) is 5.02. The first-order valence-corrected chi connectivity index (χ1v) is 6.07. The Hall–Kier alpha value is -1.24. The Bertz CT molecular complexity index is 447. The molecular weight excluding hydrogens is 236 g/mol. The van der Waals surface area contributed by atoms with Gasteiger partial charge < -0.3 is 10.1 Å². The van der Waals surface area contributed by atoms with Crippen LogP contribution >= 0.6 is 11.6 Å². The third-order valence-corrected chi connectivity index (χ3v) is 3.31. The highest BCUT2D eigenvalue weighted by atomic mass is 35.5. The summed E-state index contributed by atoms with van der Waals surface area (Å²) in [5.41, 5.74) is 1.17. The molecule has 2 rings (SSSR count). The number of ether oxygens (including phenoxy) is 1. The van der Waals surface area contributed by atoms with Crippen LogP contribution in [0.2, 0.25) is 5.02 Å². The Morgan fingerprint density at radius 2 is 2.35 bits per heavy atom. The van der Waals surface area contributed by atoms with Crippen molar-refractivity contribution in [3.8, 4) is 6.07 Å². The number of nitrogens with zero attached hydrogens (tertiary/aromatic N) is 1. The van der Waals surface area contributed by atoms with E-state index in [9.17, 15) is 0 Å². The van der Waals surface area contributed by atoms with Crippen LogP contribution < -0.4 is 5.32 Å². The van der Waals surface area contributed by atoms with E-state index in [4.69, 9.17) is 21.6 Å². The summed E-state index contributed by atoms with van der Waals surface area (Å²) in [6.45, 7) is 3.58. The predicted octanol–water partition coefficient (Wildman–Crippen LogP) is 3.19. The Labute approximate surface area is 106 Å². The maximum atomic E-state index is 9.11. The van der Waals surface area contributed by atoms with E-state index in [1.54, 1.807) is 6.07 Å². The Morgan fingerprint density at radius 1 is 1.53 bits per heavy atom. The highest BCUT2D eigenvalue weighted by molar-refractivity contribution is 6.32. The quantitative estimate of drug-likeness (QED) is 0.877. The van der Waals surface area contributed by atoms with E-state index in [2.05, 4.69) is 18.3 Å².